The lowest BCUT2D eigenvalue weighted by molar-refractivity contribution is 0.659. The third-order valence-electron chi connectivity index (χ3n) is 3.33. The Morgan fingerprint density at radius 3 is 2.91 bits per heavy atom. The van der Waals surface area contributed by atoms with Crippen LogP contribution in [0.25, 0.3) is 27.1 Å². The standard InChI is InChI=1S/C14H13N7S/c1-3-20-11(7-9(2)18-20)13-19-21-12(16-17-14(21)22-13)10-5-4-6-15-8-10/h4-8H,3H2,1-2H3. The molecule has 0 amide bonds. The van der Waals surface area contributed by atoms with Gasteiger partial charge in [-0.15, -0.1) is 10.2 Å². The molecular formula is C14H13N7S. The van der Waals surface area contributed by atoms with Gasteiger partial charge in [0, 0.05) is 24.5 Å². The molecule has 0 saturated carbocycles. The van der Waals surface area contributed by atoms with Crippen LogP contribution in [0.5, 0.6) is 0 Å². The van der Waals surface area contributed by atoms with Gasteiger partial charge in [-0.1, -0.05) is 11.3 Å². The van der Waals surface area contributed by atoms with Crippen LogP contribution in [0.3, 0.4) is 0 Å². The molecule has 0 aliphatic carbocycles. The molecule has 8 heteroatoms. The molecular weight excluding hydrogens is 298 g/mol. The Balaban J connectivity index is 1.87. The first-order chi connectivity index (χ1) is 10.8. The van der Waals surface area contributed by atoms with Gasteiger partial charge in [0.25, 0.3) is 0 Å². The highest BCUT2D eigenvalue weighted by atomic mass is 32.1. The van der Waals surface area contributed by atoms with Gasteiger partial charge in [0.1, 0.15) is 0 Å². The van der Waals surface area contributed by atoms with E-state index in [4.69, 9.17) is 0 Å². The summed E-state index contributed by atoms with van der Waals surface area (Å²) in [5, 5.41) is 18.4. The molecule has 0 bridgehead atoms. The fourth-order valence-electron chi connectivity index (χ4n) is 2.35. The van der Waals surface area contributed by atoms with E-state index < -0.39 is 0 Å². The topological polar surface area (TPSA) is 73.8 Å². The highest BCUT2D eigenvalue weighted by molar-refractivity contribution is 7.19. The highest BCUT2D eigenvalue weighted by Crippen LogP contribution is 2.28. The monoisotopic (exact) mass is 311 g/mol. The van der Waals surface area contributed by atoms with Gasteiger partial charge in [0.15, 0.2) is 10.8 Å². The van der Waals surface area contributed by atoms with Crippen molar-refractivity contribution in [3.05, 3.63) is 36.3 Å². The Labute approximate surface area is 130 Å². The molecule has 0 radical (unpaired) electrons. The number of hydrogen-bond donors (Lipinski definition) is 0. The molecule has 0 atom stereocenters. The Kier molecular flexibility index (Phi) is 2.97. The van der Waals surface area contributed by atoms with Crippen LogP contribution >= 0.6 is 11.3 Å². The van der Waals surface area contributed by atoms with Crippen molar-refractivity contribution in [1.82, 2.24) is 34.6 Å². The van der Waals surface area contributed by atoms with Crippen molar-refractivity contribution >= 4 is 16.3 Å². The second-order valence-corrected chi connectivity index (χ2v) is 5.81. The molecule has 4 aromatic rings. The molecule has 0 saturated heterocycles. The van der Waals surface area contributed by atoms with Crippen molar-refractivity contribution in [3.63, 3.8) is 0 Å². The van der Waals surface area contributed by atoms with Crippen LogP contribution in [-0.4, -0.2) is 34.6 Å². The summed E-state index contributed by atoms with van der Waals surface area (Å²) in [6.07, 6.45) is 3.49. The maximum absolute atomic E-state index is 4.66. The maximum Gasteiger partial charge on any atom is 0.235 e. The van der Waals surface area contributed by atoms with Gasteiger partial charge >= 0.3 is 0 Å². The predicted molar refractivity (Wildman–Crippen MR) is 83.5 cm³/mol. The maximum atomic E-state index is 4.66. The molecule has 22 heavy (non-hydrogen) atoms. The van der Waals surface area contributed by atoms with E-state index in [1.807, 2.05) is 29.8 Å². The molecule has 0 spiro atoms. The van der Waals surface area contributed by atoms with Crippen molar-refractivity contribution in [1.29, 1.82) is 0 Å². The Morgan fingerprint density at radius 1 is 1.23 bits per heavy atom. The van der Waals surface area contributed by atoms with Gasteiger partial charge in [-0.2, -0.15) is 14.7 Å². The summed E-state index contributed by atoms with van der Waals surface area (Å²) in [7, 11) is 0. The van der Waals surface area contributed by atoms with E-state index >= 15 is 0 Å². The Bertz CT molecular complexity index is 935. The van der Waals surface area contributed by atoms with E-state index in [1.165, 1.54) is 11.3 Å². The van der Waals surface area contributed by atoms with Crippen molar-refractivity contribution in [3.8, 4) is 22.1 Å². The summed E-state index contributed by atoms with van der Waals surface area (Å²) < 4.78 is 3.71. The molecule has 4 aromatic heterocycles. The number of aromatic nitrogens is 7. The molecule has 0 aliphatic rings. The van der Waals surface area contributed by atoms with E-state index in [9.17, 15) is 0 Å². The van der Waals surface area contributed by atoms with E-state index in [2.05, 4.69) is 32.3 Å². The number of nitrogens with zero attached hydrogens (tertiary/aromatic N) is 7. The van der Waals surface area contributed by atoms with Crippen LogP contribution in [-0.2, 0) is 6.54 Å². The van der Waals surface area contributed by atoms with Gasteiger partial charge in [-0.3, -0.25) is 9.67 Å². The molecule has 0 aliphatic heterocycles. The Hall–Kier alpha value is -2.61. The highest BCUT2D eigenvalue weighted by Gasteiger charge is 2.17. The van der Waals surface area contributed by atoms with Crippen molar-refractivity contribution in [2.24, 2.45) is 0 Å². The summed E-state index contributed by atoms with van der Waals surface area (Å²) in [6, 6.07) is 5.86. The number of fused-ring (bicyclic) bond motifs is 1. The molecule has 4 rings (SSSR count). The van der Waals surface area contributed by atoms with Gasteiger partial charge < -0.3 is 0 Å². The van der Waals surface area contributed by atoms with Crippen LogP contribution in [0.2, 0.25) is 0 Å². The van der Waals surface area contributed by atoms with Crippen molar-refractivity contribution in [2.45, 2.75) is 20.4 Å². The van der Waals surface area contributed by atoms with Crippen LogP contribution in [0.1, 0.15) is 12.6 Å². The van der Waals surface area contributed by atoms with E-state index in [0.29, 0.717) is 5.82 Å². The number of rotatable bonds is 3. The summed E-state index contributed by atoms with van der Waals surface area (Å²) in [6.45, 7) is 4.85. The third kappa shape index (κ3) is 2.00. The minimum absolute atomic E-state index is 0.699. The minimum atomic E-state index is 0.699. The Morgan fingerprint density at radius 2 is 2.14 bits per heavy atom. The van der Waals surface area contributed by atoms with Gasteiger partial charge in [-0.25, -0.2) is 0 Å². The smallest absolute Gasteiger partial charge is 0.235 e. The van der Waals surface area contributed by atoms with Crippen molar-refractivity contribution < 1.29 is 0 Å². The SMILES string of the molecule is CCn1nc(C)cc1-c1nn2c(-c3cccnc3)nnc2s1. The fourth-order valence-corrected chi connectivity index (χ4v) is 3.21. The average molecular weight is 311 g/mol. The van der Waals surface area contributed by atoms with Gasteiger partial charge in [0.05, 0.1) is 11.4 Å². The first kappa shape index (κ1) is 13.1. The summed E-state index contributed by atoms with van der Waals surface area (Å²) in [4.78, 5) is 4.88. The summed E-state index contributed by atoms with van der Waals surface area (Å²) in [5.41, 5.74) is 2.88. The molecule has 110 valence electrons. The van der Waals surface area contributed by atoms with Crippen LogP contribution in [0.15, 0.2) is 30.6 Å². The van der Waals surface area contributed by atoms with Crippen LogP contribution in [0.4, 0.5) is 0 Å². The minimum Gasteiger partial charge on any atom is -0.264 e. The summed E-state index contributed by atoms with van der Waals surface area (Å²) >= 11 is 1.51. The lowest BCUT2D eigenvalue weighted by Gasteiger charge is -1.99. The van der Waals surface area contributed by atoms with Crippen LogP contribution < -0.4 is 0 Å². The van der Waals surface area contributed by atoms with Gasteiger partial charge in [-0.05, 0) is 32.0 Å². The fraction of sp³-hybridized carbons (Fsp3) is 0.214. The zero-order chi connectivity index (χ0) is 15.1. The van der Waals surface area contributed by atoms with E-state index in [0.717, 1.165) is 33.5 Å². The second kappa shape index (κ2) is 4.99. The normalized spacial score (nSPS) is 11.4. The molecule has 0 aromatic carbocycles. The molecule has 7 nitrogen and oxygen atoms in total. The summed E-state index contributed by atoms with van der Waals surface area (Å²) in [5.74, 6) is 0.699. The van der Waals surface area contributed by atoms with Crippen LogP contribution in [0, 0.1) is 6.92 Å². The lowest BCUT2D eigenvalue weighted by Crippen LogP contribution is -1.99. The quantitative estimate of drug-likeness (QED) is 0.581. The zero-order valence-corrected chi connectivity index (χ0v) is 12.9. The average Bonchev–Trinajstić information content (AvgIpc) is 3.20. The molecule has 0 unspecified atom stereocenters. The largest absolute Gasteiger partial charge is 0.264 e. The van der Waals surface area contributed by atoms with E-state index in [1.54, 1.807) is 16.9 Å². The third-order valence-corrected chi connectivity index (χ3v) is 4.25. The first-order valence-corrected chi connectivity index (χ1v) is 7.75. The number of aryl methyl sites for hydroxylation is 2. The van der Waals surface area contributed by atoms with Gasteiger partial charge in [0.2, 0.25) is 4.96 Å². The second-order valence-electron chi connectivity index (χ2n) is 4.85. The van der Waals surface area contributed by atoms with Crippen molar-refractivity contribution in [2.75, 3.05) is 0 Å². The number of pyridine rings is 1. The lowest BCUT2D eigenvalue weighted by atomic mass is 10.3. The molecule has 0 N–H and O–H groups in total. The first-order valence-electron chi connectivity index (χ1n) is 6.93. The zero-order valence-electron chi connectivity index (χ0n) is 12.1. The molecule has 4 heterocycles. The molecule has 0 fully saturated rings. The number of hydrogen-bond acceptors (Lipinski definition) is 6. The van der Waals surface area contributed by atoms with E-state index in [-0.39, 0.29) is 0 Å². The predicted octanol–water partition coefficient (Wildman–Crippen LogP) is 2.44.